The van der Waals surface area contributed by atoms with E-state index in [0.717, 1.165) is 15.4 Å². The molecule has 0 atom stereocenters. The highest BCUT2D eigenvalue weighted by Gasteiger charge is 2.27. The van der Waals surface area contributed by atoms with Crippen LogP contribution in [0.1, 0.15) is 16.9 Å². The molecule has 1 aromatic heterocycles. The summed E-state index contributed by atoms with van der Waals surface area (Å²) < 4.78 is 33.6. The number of aryl methyl sites for hydroxylation is 2. The van der Waals surface area contributed by atoms with Crippen molar-refractivity contribution < 1.29 is 22.6 Å². The second kappa shape index (κ2) is 11.1. The number of nitrogens with one attached hydrogen (secondary N) is 1. The maximum absolute atomic E-state index is 13.4. The molecule has 1 heterocycles. The number of carbonyl (C=O) groups is 1. The van der Waals surface area contributed by atoms with Crippen LogP contribution in [0.15, 0.2) is 99.3 Å². The van der Waals surface area contributed by atoms with Crippen molar-refractivity contribution in [1.29, 1.82) is 0 Å². The van der Waals surface area contributed by atoms with E-state index in [2.05, 4.69) is 10.5 Å². The lowest BCUT2D eigenvalue weighted by Crippen LogP contribution is -2.39. The molecule has 10 nitrogen and oxygen atoms in total. The summed E-state index contributed by atoms with van der Waals surface area (Å²) in [6.07, 6.45) is 1.28. The number of non-ortho nitro benzene ring substituents is 1. The summed E-state index contributed by atoms with van der Waals surface area (Å²) in [5.41, 5.74) is 5.04. The highest BCUT2D eigenvalue weighted by Crippen LogP contribution is 2.25. The van der Waals surface area contributed by atoms with E-state index < -0.39 is 27.4 Å². The SMILES string of the molecule is Cc1ccc(S(=O)(=O)N(CC(=O)N/N=C\c2ccc(-c3ccc([N+](=O)[O-])cc3)o2)c2cccc(C)c2)cc1. The number of furan rings is 1. The lowest BCUT2D eigenvalue weighted by molar-refractivity contribution is -0.384. The third kappa shape index (κ3) is 6.13. The maximum Gasteiger partial charge on any atom is 0.269 e. The van der Waals surface area contributed by atoms with Gasteiger partial charge in [0.15, 0.2) is 0 Å². The molecule has 0 saturated carbocycles. The molecule has 0 aliphatic heterocycles. The molecule has 4 rings (SSSR count). The van der Waals surface area contributed by atoms with Crippen LogP contribution >= 0.6 is 0 Å². The van der Waals surface area contributed by atoms with Gasteiger partial charge in [-0.05, 0) is 67.9 Å². The Hall–Kier alpha value is -4.77. The maximum atomic E-state index is 13.4. The first kappa shape index (κ1) is 26.3. The number of nitro benzene ring substituents is 1. The van der Waals surface area contributed by atoms with E-state index in [9.17, 15) is 23.3 Å². The predicted molar refractivity (Wildman–Crippen MR) is 143 cm³/mol. The van der Waals surface area contributed by atoms with Crippen LogP contribution < -0.4 is 9.73 Å². The molecule has 1 N–H and O–H groups in total. The van der Waals surface area contributed by atoms with Crippen molar-refractivity contribution in [2.45, 2.75) is 18.7 Å². The highest BCUT2D eigenvalue weighted by atomic mass is 32.2. The van der Waals surface area contributed by atoms with Crippen LogP contribution in [0, 0.1) is 24.0 Å². The normalized spacial score (nSPS) is 11.4. The number of carbonyl (C=O) groups excluding carboxylic acids is 1. The highest BCUT2D eigenvalue weighted by molar-refractivity contribution is 7.92. The van der Waals surface area contributed by atoms with Crippen molar-refractivity contribution in [3.05, 3.63) is 112 Å². The van der Waals surface area contributed by atoms with Crippen molar-refractivity contribution in [2.75, 3.05) is 10.8 Å². The minimum atomic E-state index is -4.04. The number of sulfonamides is 1. The number of amides is 1. The van der Waals surface area contributed by atoms with Crippen LogP contribution in [0.25, 0.3) is 11.3 Å². The summed E-state index contributed by atoms with van der Waals surface area (Å²) >= 11 is 0. The quantitative estimate of drug-likeness (QED) is 0.187. The van der Waals surface area contributed by atoms with Gasteiger partial charge < -0.3 is 4.42 Å². The van der Waals surface area contributed by atoms with E-state index in [0.29, 0.717) is 22.8 Å². The Morgan fingerprint density at radius 3 is 2.37 bits per heavy atom. The molecular weight excluding hydrogens is 508 g/mol. The Balaban J connectivity index is 1.48. The fraction of sp³-hybridized carbons (Fsp3) is 0.111. The van der Waals surface area contributed by atoms with E-state index >= 15 is 0 Å². The van der Waals surface area contributed by atoms with Crippen molar-refractivity contribution >= 4 is 33.5 Å². The second-order valence-electron chi connectivity index (χ2n) is 8.46. The number of hydrazone groups is 1. The van der Waals surface area contributed by atoms with Gasteiger partial charge in [0.05, 0.1) is 21.7 Å². The summed E-state index contributed by atoms with van der Waals surface area (Å²) in [7, 11) is -4.04. The minimum absolute atomic E-state index is 0.0334. The van der Waals surface area contributed by atoms with Gasteiger partial charge in [-0.25, -0.2) is 13.8 Å². The first-order chi connectivity index (χ1) is 18.1. The number of nitro groups is 1. The van der Waals surface area contributed by atoms with Gasteiger partial charge in [0.25, 0.3) is 21.6 Å². The number of rotatable bonds is 9. The van der Waals surface area contributed by atoms with Crippen molar-refractivity contribution in [1.82, 2.24) is 5.43 Å². The number of nitrogens with zero attached hydrogens (tertiary/aromatic N) is 3. The van der Waals surface area contributed by atoms with Gasteiger partial charge in [0.1, 0.15) is 18.1 Å². The van der Waals surface area contributed by atoms with Crippen LogP contribution in [-0.2, 0) is 14.8 Å². The molecule has 11 heteroatoms. The average Bonchev–Trinajstić information content (AvgIpc) is 3.36. The molecule has 194 valence electrons. The summed E-state index contributed by atoms with van der Waals surface area (Å²) in [5.74, 6) is 0.129. The fourth-order valence-electron chi connectivity index (χ4n) is 3.59. The predicted octanol–water partition coefficient (Wildman–Crippen LogP) is 4.82. The van der Waals surface area contributed by atoms with E-state index in [1.807, 2.05) is 19.9 Å². The molecule has 4 aromatic rings. The molecular formula is C27H24N4O6S. The summed E-state index contributed by atoms with van der Waals surface area (Å²) in [5, 5.41) is 14.7. The zero-order valence-electron chi connectivity index (χ0n) is 20.6. The van der Waals surface area contributed by atoms with Crippen LogP contribution in [0.4, 0.5) is 11.4 Å². The molecule has 0 fully saturated rings. The lowest BCUT2D eigenvalue weighted by Gasteiger charge is -2.24. The monoisotopic (exact) mass is 532 g/mol. The minimum Gasteiger partial charge on any atom is -0.455 e. The lowest BCUT2D eigenvalue weighted by atomic mass is 10.1. The topological polar surface area (TPSA) is 135 Å². The van der Waals surface area contributed by atoms with Gasteiger partial charge in [0.2, 0.25) is 0 Å². The molecule has 0 aliphatic rings. The number of hydrogen-bond acceptors (Lipinski definition) is 7. The first-order valence-electron chi connectivity index (χ1n) is 11.5. The molecule has 0 radical (unpaired) electrons. The van der Waals surface area contributed by atoms with Crippen molar-refractivity contribution in [3.8, 4) is 11.3 Å². The molecule has 1 amide bonds. The van der Waals surface area contributed by atoms with Crippen LogP contribution in [0.2, 0.25) is 0 Å². The number of anilines is 1. The van der Waals surface area contributed by atoms with Crippen molar-refractivity contribution in [2.24, 2.45) is 5.10 Å². The van der Waals surface area contributed by atoms with Crippen LogP contribution in [0.3, 0.4) is 0 Å². The Bertz CT molecular complexity index is 1590. The average molecular weight is 533 g/mol. The Morgan fingerprint density at radius 1 is 1.00 bits per heavy atom. The molecule has 0 saturated heterocycles. The van der Waals surface area contributed by atoms with E-state index in [1.54, 1.807) is 54.6 Å². The third-order valence-electron chi connectivity index (χ3n) is 5.56. The van der Waals surface area contributed by atoms with Crippen LogP contribution in [-0.4, -0.2) is 32.0 Å². The zero-order valence-corrected chi connectivity index (χ0v) is 21.4. The molecule has 0 unspecified atom stereocenters. The molecule has 0 spiro atoms. The molecule has 0 aliphatic carbocycles. The van der Waals surface area contributed by atoms with E-state index in [1.165, 1.54) is 30.5 Å². The Morgan fingerprint density at radius 2 is 1.71 bits per heavy atom. The smallest absolute Gasteiger partial charge is 0.269 e. The Kier molecular flexibility index (Phi) is 7.68. The van der Waals surface area contributed by atoms with Crippen molar-refractivity contribution in [3.63, 3.8) is 0 Å². The summed E-state index contributed by atoms with van der Waals surface area (Å²) in [6.45, 7) is 3.19. The Labute approximate surface area is 219 Å². The van der Waals surface area contributed by atoms with Gasteiger partial charge in [-0.1, -0.05) is 29.8 Å². The standard InChI is InChI=1S/C27H24N4O6S/c1-19-6-13-25(14-7-19)38(35,36)30(23-5-3-4-20(2)16-23)18-27(32)29-28-17-24-12-15-26(37-24)21-8-10-22(11-9-21)31(33)34/h3-17H,18H2,1-2H3,(H,29,32)/b28-17-. The van der Waals surface area contributed by atoms with Crippen LogP contribution in [0.5, 0.6) is 0 Å². The van der Waals surface area contributed by atoms with Gasteiger partial charge >= 0.3 is 0 Å². The van der Waals surface area contributed by atoms with Gasteiger partial charge in [-0.15, -0.1) is 0 Å². The summed E-state index contributed by atoms with van der Waals surface area (Å²) in [4.78, 5) is 23.1. The number of benzene rings is 3. The van der Waals surface area contributed by atoms with Gasteiger partial charge in [0, 0.05) is 17.7 Å². The number of hydrogen-bond donors (Lipinski definition) is 1. The molecule has 3 aromatic carbocycles. The molecule has 0 bridgehead atoms. The second-order valence-corrected chi connectivity index (χ2v) is 10.3. The summed E-state index contributed by atoms with van der Waals surface area (Å²) in [6, 6.07) is 22.4. The largest absolute Gasteiger partial charge is 0.455 e. The van der Waals surface area contributed by atoms with E-state index in [-0.39, 0.29) is 10.6 Å². The zero-order chi connectivity index (χ0) is 27.3. The first-order valence-corrected chi connectivity index (χ1v) is 12.9. The van der Waals surface area contributed by atoms with E-state index in [4.69, 9.17) is 4.42 Å². The van der Waals surface area contributed by atoms with Gasteiger partial charge in [-0.3, -0.25) is 19.2 Å². The fourth-order valence-corrected chi connectivity index (χ4v) is 5.01. The molecule has 38 heavy (non-hydrogen) atoms. The third-order valence-corrected chi connectivity index (χ3v) is 7.34. The van der Waals surface area contributed by atoms with Gasteiger partial charge in [-0.2, -0.15) is 5.10 Å².